The lowest BCUT2D eigenvalue weighted by atomic mass is 10.0. The zero-order valence-corrected chi connectivity index (χ0v) is 17.5. The van der Waals surface area contributed by atoms with Crippen LogP contribution in [0.4, 0.5) is 11.4 Å². The number of benzene rings is 2. The molecule has 1 saturated heterocycles. The molecule has 3 aromatic rings. The van der Waals surface area contributed by atoms with Crippen LogP contribution in [-0.4, -0.2) is 43.5 Å². The molecule has 0 spiro atoms. The predicted molar refractivity (Wildman–Crippen MR) is 119 cm³/mol. The molecule has 4 rings (SSSR count). The van der Waals surface area contributed by atoms with E-state index in [0.29, 0.717) is 6.42 Å². The topological polar surface area (TPSA) is 48.7 Å². The maximum atomic E-state index is 12.8. The number of nitrogens with zero attached hydrogens (tertiary/aromatic N) is 2. The molecule has 2 aromatic carbocycles. The van der Waals surface area contributed by atoms with Crippen molar-refractivity contribution < 1.29 is 9.21 Å². The highest BCUT2D eigenvalue weighted by molar-refractivity contribution is 5.98. The second kappa shape index (κ2) is 8.29. The molecule has 152 valence electrons. The fraction of sp³-hybridized carbons (Fsp3) is 0.375. The van der Waals surface area contributed by atoms with Gasteiger partial charge in [0, 0.05) is 37.1 Å². The number of hydrogen-bond acceptors (Lipinski definition) is 4. The zero-order chi connectivity index (χ0) is 20.4. The summed E-state index contributed by atoms with van der Waals surface area (Å²) in [4.78, 5) is 17.6. The summed E-state index contributed by atoms with van der Waals surface area (Å²) in [6, 6.07) is 12.2. The first kappa shape index (κ1) is 19.5. The molecule has 0 unspecified atom stereocenters. The van der Waals surface area contributed by atoms with Crippen LogP contribution >= 0.6 is 0 Å². The number of hydrogen-bond donors (Lipinski definition) is 1. The van der Waals surface area contributed by atoms with Gasteiger partial charge < -0.3 is 19.5 Å². The summed E-state index contributed by atoms with van der Waals surface area (Å²) in [7, 11) is 0. The van der Waals surface area contributed by atoms with Gasteiger partial charge in [0.1, 0.15) is 5.58 Å². The standard InChI is InChI=1S/C24H29N3O2/c1-4-26-9-11-27(12-10-26)22-8-6-5-7-21(22)25-24(28)15-19-16-29-23-14-18(3)17(2)13-20(19)23/h5-8,13-14,16H,4,9-12,15H2,1-3H3,(H,25,28). The average molecular weight is 392 g/mol. The van der Waals surface area contributed by atoms with E-state index >= 15 is 0 Å². The van der Waals surface area contributed by atoms with Gasteiger partial charge in [0.15, 0.2) is 0 Å². The van der Waals surface area contributed by atoms with Crippen LogP contribution in [0.5, 0.6) is 0 Å². The van der Waals surface area contributed by atoms with E-state index in [1.165, 1.54) is 11.1 Å². The van der Waals surface area contributed by atoms with E-state index in [2.05, 4.69) is 48.0 Å². The van der Waals surface area contributed by atoms with Crippen molar-refractivity contribution in [2.45, 2.75) is 27.2 Å². The Kier molecular flexibility index (Phi) is 5.58. The fourth-order valence-electron chi connectivity index (χ4n) is 4.00. The van der Waals surface area contributed by atoms with Gasteiger partial charge in [-0.2, -0.15) is 0 Å². The van der Waals surface area contributed by atoms with Crippen molar-refractivity contribution in [1.29, 1.82) is 0 Å². The van der Waals surface area contributed by atoms with Gasteiger partial charge in [-0.3, -0.25) is 4.79 Å². The maximum Gasteiger partial charge on any atom is 0.228 e. The molecule has 5 nitrogen and oxygen atoms in total. The highest BCUT2D eigenvalue weighted by atomic mass is 16.3. The minimum absolute atomic E-state index is 0.0226. The average Bonchev–Trinajstić information content (AvgIpc) is 3.10. The first-order valence-electron chi connectivity index (χ1n) is 10.4. The number of likely N-dealkylation sites (N-methyl/N-ethyl adjacent to an activating group) is 1. The third kappa shape index (κ3) is 4.15. The van der Waals surface area contributed by atoms with E-state index in [1.54, 1.807) is 6.26 Å². The number of carbonyl (C=O) groups is 1. The Labute approximate surface area is 172 Å². The van der Waals surface area contributed by atoms with Crippen molar-refractivity contribution in [3.8, 4) is 0 Å². The van der Waals surface area contributed by atoms with Crippen LogP contribution in [0.2, 0.25) is 0 Å². The van der Waals surface area contributed by atoms with Gasteiger partial charge in [0.05, 0.1) is 24.1 Å². The van der Waals surface area contributed by atoms with Crippen LogP contribution in [0, 0.1) is 13.8 Å². The molecule has 0 atom stereocenters. The molecule has 1 fully saturated rings. The molecule has 0 aliphatic carbocycles. The molecular weight excluding hydrogens is 362 g/mol. The van der Waals surface area contributed by atoms with Crippen molar-refractivity contribution in [1.82, 2.24) is 4.90 Å². The molecule has 1 aromatic heterocycles. The second-order valence-electron chi connectivity index (χ2n) is 7.86. The smallest absolute Gasteiger partial charge is 0.228 e. The molecule has 2 heterocycles. The van der Waals surface area contributed by atoms with Gasteiger partial charge >= 0.3 is 0 Å². The Bertz CT molecular complexity index is 1020. The Morgan fingerprint density at radius 2 is 1.79 bits per heavy atom. The number of anilines is 2. The zero-order valence-electron chi connectivity index (χ0n) is 17.5. The predicted octanol–water partition coefficient (Wildman–Crippen LogP) is 4.37. The van der Waals surface area contributed by atoms with E-state index in [0.717, 1.165) is 60.6 Å². The Balaban J connectivity index is 1.49. The molecule has 1 amide bonds. The van der Waals surface area contributed by atoms with Crippen molar-refractivity contribution in [2.24, 2.45) is 0 Å². The Hall–Kier alpha value is -2.79. The number of carbonyl (C=O) groups excluding carboxylic acids is 1. The lowest BCUT2D eigenvalue weighted by Gasteiger charge is -2.36. The number of piperazine rings is 1. The second-order valence-corrected chi connectivity index (χ2v) is 7.86. The minimum atomic E-state index is -0.0226. The van der Waals surface area contributed by atoms with Gasteiger partial charge in [-0.05, 0) is 55.8 Å². The van der Waals surface area contributed by atoms with E-state index in [9.17, 15) is 4.79 Å². The Morgan fingerprint density at radius 3 is 2.55 bits per heavy atom. The van der Waals surface area contributed by atoms with Gasteiger partial charge in [0.25, 0.3) is 0 Å². The van der Waals surface area contributed by atoms with Gasteiger partial charge in [0.2, 0.25) is 5.91 Å². The minimum Gasteiger partial charge on any atom is -0.464 e. The molecule has 1 aliphatic heterocycles. The number of nitrogens with one attached hydrogen (secondary N) is 1. The molecule has 1 N–H and O–H groups in total. The van der Waals surface area contributed by atoms with Crippen LogP contribution in [0.1, 0.15) is 23.6 Å². The van der Waals surface area contributed by atoms with E-state index < -0.39 is 0 Å². The van der Waals surface area contributed by atoms with Crippen molar-refractivity contribution >= 4 is 28.3 Å². The molecule has 29 heavy (non-hydrogen) atoms. The summed E-state index contributed by atoms with van der Waals surface area (Å²) in [5, 5.41) is 4.15. The first-order valence-corrected chi connectivity index (χ1v) is 10.4. The quantitative estimate of drug-likeness (QED) is 0.702. The van der Waals surface area contributed by atoms with Crippen molar-refractivity contribution in [2.75, 3.05) is 42.9 Å². The summed E-state index contributed by atoms with van der Waals surface area (Å²) >= 11 is 0. The fourth-order valence-corrected chi connectivity index (χ4v) is 4.00. The van der Waals surface area contributed by atoms with Crippen LogP contribution < -0.4 is 10.2 Å². The third-order valence-corrected chi connectivity index (χ3v) is 5.96. The molecular formula is C24H29N3O2. The van der Waals surface area contributed by atoms with Gasteiger partial charge in [-0.1, -0.05) is 19.1 Å². The van der Waals surface area contributed by atoms with E-state index in [4.69, 9.17) is 4.42 Å². The summed E-state index contributed by atoms with van der Waals surface area (Å²) < 4.78 is 5.68. The third-order valence-electron chi connectivity index (χ3n) is 5.96. The largest absolute Gasteiger partial charge is 0.464 e. The maximum absolute atomic E-state index is 12.8. The number of fused-ring (bicyclic) bond motifs is 1. The van der Waals surface area contributed by atoms with E-state index in [-0.39, 0.29) is 5.91 Å². The van der Waals surface area contributed by atoms with Crippen molar-refractivity contribution in [3.63, 3.8) is 0 Å². The van der Waals surface area contributed by atoms with Crippen LogP contribution in [0.15, 0.2) is 47.1 Å². The summed E-state index contributed by atoms with van der Waals surface area (Å²) in [5.74, 6) is -0.0226. The normalized spacial score (nSPS) is 15.1. The monoisotopic (exact) mass is 391 g/mol. The van der Waals surface area contributed by atoms with Gasteiger partial charge in [-0.25, -0.2) is 0 Å². The molecule has 0 radical (unpaired) electrons. The van der Waals surface area contributed by atoms with Crippen LogP contribution in [-0.2, 0) is 11.2 Å². The van der Waals surface area contributed by atoms with E-state index in [1.807, 2.05) is 24.3 Å². The number of para-hydroxylation sites is 2. The van der Waals surface area contributed by atoms with Crippen molar-refractivity contribution in [3.05, 3.63) is 59.4 Å². The lowest BCUT2D eigenvalue weighted by Crippen LogP contribution is -2.46. The Morgan fingerprint density at radius 1 is 1.07 bits per heavy atom. The number of furan rings is 1. The van der Waals surface area contributed by atoms with Gasteiger partial charge in [-0.15, -0.1) is 0 Å². The number of rotatable bonds is 5. The highest BCUT2D eigenvalue weighted by Gasteiger charge is 2.19. The summed E-state index contributed by atoms with van der Waals surface area (Å²) in [6.45, 7) is 11.5. The molecule has 0 bridgehead atoms. The molecule has 5 heteroatoms. The first-order chi connectivity index (χ1) is 14.0. The highest BCUT2D eigenvalue weighted by Crippen LogP contribution is 2.28. The summed E-state index contributed by atoms with van der Waals surface area (Å²) in [5.41, 5.74) is 6.14. The summed E-state index contributed by atoms with van der Waals surface area (Å²) in [6.07, 6.45) is 2.01. The molecule has 0 saturated carbocycles. The van der Waals surface area contributed by atoms with Crippen LogP contribution in [0.3, 0.4) is 0 Å². The number of aryl methyl sites for hydroxylation is 2. The number of amides is 1. The van der Waals surface area contributed by atoms with Crippen LogP contribution in [0.25, 0.3) is 11.0 Å². The molecule has 1 aliphatic rings. The lowest BCUT2D eigenvalue weighted by molar-refractivity contribution is -0.115. The SMILES string of the molecule is CCN1CCN(c2ccccc2NC(=O)Cc2coc3cc(C)c(C)cc23)CC1.